The van der Waals surface area contributed by atoms with Crippen molar-refractivity contribution >= 4 is 5.97 Å². The van der Waals surface area contributed by atoms with E-state index in [1.165, 1.54) is 32.1 Å². The van der Waals surface area contributed by atoms with Gasteiger partial charge in [-0.25, -0.2) is 0 Å². The molecular weight excluding hydrogens is 240 g/mol. The Labute approximate surface area is 116 Å². The number of hydrogen-bond donors (Lipinski definition) is 1. The van der Waals surface area contributed by atoms with Crippen molar-refractivity contribution < 1.29 is 9.90 Å². The first-order valence-electron chi connectivity index (χ1n) is 7.89. The van der Waals surface area contributed by atoms with Crippen LogP contribution in [0.5, 0.6) is 0 Å². The van der Waals surface area contributed by atoms with Crippen LogP contribution in [0, 0.1) is 5.92 Å². The minimum absolute atomic E-state index is 0.204. The third kappa shape index (κ3) is 4.18. The van der Waals surface area contributed by atoms with Crippen molar-refractivity contribution in [2.75, 3.05) is 32.7 Å². The first kappa shape index (κ1) is 14.8. The molecule has 2 unspecified atom stereocenters. The maximum absolute atomic E-state index is 10.8. The molecule has 1 heterocycles. The lowest BCUT2D eigenvalue weighted by atomic mass is 9.82. The van der Waals surface area contributed by atoms with Gasteiger partial charge in [0.1, 0.15) is 0 Å². The Hall–Kier alpha value is -0.610. The zero-order valence-corrected chi connectivity index (χ0v) is 12.2. The summed E-state index contributed by atoms with van der Waals surface area (Å²) in [6, 6.07) is 0.753. The smallest absolute Gasteiger partial charge is 0.317 e. The Bertz CT molecular complexity index is 296. The summed E-state index contributed by atoms with van der Waals surface area (Å²) in [4.78, 5) is 15.5. The zero-order valence-electron chi connectivity index (χ0n) is 12.2. The van der Waals surface area contributed by atoms with Crippen molar-refractivity contribution in [2.45, 2.75) is 51.5 Å². The van der Waals surface area contributed by atoms with Crippen molar-refractivity contribution in [1.82, 2.24) is 9.80 Å². The molecule has 1 saturated carbocycles. The number of carbonyl (C=O) groups is 1. The molecule has 0 radical (unpaired) electrons. The van der Waals surface area contributed by atoms with E-state index >= 15 is 0 Å². The Balaban J connectivity index is 1.88. The largest absolute Gasteiger partial charge is 0.480 e. The molecule has 1 saturated heterocycles. The van der Waals surface area contributed by atoms with Crippen LogP contribution in [0.4, 0.5) is 0 Å². The molecular formula is C15H28N2O2. The molecule has 2 fully saturated rings. The van der Waals surface area contributed by atoms with Gasteiger partial charge in [0.15, 0.2) is 0 Å². The van der Waals surface area contributed by atoms with Gasteiger partial charge in [0.25, 0.3) is 0 Å². The quantitative estimate of drug-likeness (QED) is 0.847. The van der Waals surface area contributed by atoms with E-state index in [2.05, 4.69) is 16.7 Å². The lowest BCUT2D eigenvalue weighted by Gasteiger charge is -2.39. The molecule has 0 spiro atoms. The van der Waals surface area contributed by atoms with E-state index < -0.39 is 5.97 Å². The Morgan fingerprint density at radius 1 is 1.11 bits per heavy atom. The van der Waals surface area contributed by atoms with Gasteiger partial charge >= 0.3 is 5.97 Å². The highest BCUT2D eigenvalue weighted by Gasteiger charge is 2.30. The SMILES string of the molecule is CCC1CCCCC1N1CCCN(CC(=O)O)CC1. The van der Waals surface area contributed by atoms with Crippen LogP contribution in [0.1, 0.15) is 45.4 Å². The predicted octanol–water partition coefficient (Wildman–Crippen LogP) is 2.05. The molecule has 0 aromatic rings. The molecule has 2 aliphatic rings. The summed E-state index contributed by atoms with van der Waals surface area (Å²) in [7, 11) is 0. The standard InChI is InChI=1S/C15H28N2O2/c1-2-13-6-3-4-7-14(13)17-9-5-8-16(10-11-17)12-15(18)19/h13-14H,2-12H2,1H3,(H,18,19). The normalized spacial score (nSPS) is 31.0. The second-order valence-electron chi connectivity index (χ2n) is 6.08. The molecule has 4 heteroatoms. The Morgan fingerprint density at radius 2 is 1.89 bits per heavy atom. The molecule has 4 nitrogen and oxygen atoms in total. The highest BCUT2D eigenvalue weighted by molar-refractivity contribution is 5.69. The zero-order chi connectivity index (χ0) is 13.7. The molecule has 0 aromatic heterocycles. The van der Waals surface area contributed by atoms with Crippen LogP contribution >= 0.6 is 0 Å². The van der Waals surface area contributed by atoms with Gasteiger partial charge in [0.2, 0.25) is 0 Å². The van der Waals surface area contributed by atoms with Crippen molar-refractivity contribution in [2.24, 2.45) is 5.92 Å². The summed E-state index contributed by atoms with van der Waals surface area (Å²) in [5.74, 6) is 0.164. The Morgan fingerprint density at radius 3 is 2.63 bits per heavy atom. The topological polar surface area (TPSA) is 43.8 Å². The summed E-state index contributed by atoms with van der Waals surface area (Å²) in [5, 5.41) is 8.90. The summed E-state index contributed by atoms with van der Waals surface area (Å²) < 4.78 is 0. The Kier molecular flexibility index (Phi) is 5.64. The molecule has 19 heavy (non-hydrogen) atoms. The van der Waals surface area contributed by atoms with E-state index in [-0.39, 0.29) is 6.54 Å². The van der Waals surface area contributed by atoms with Crippen molar-refractivity contribution in [3.63, 3.8) is 0 Å². The summed E-state index contributed by atoms with van der Waals surface area (Å²) in [6.45, 7) is 6.57. The van der Waals surface area contributed by atoms with Gasteiger partial charge in [0, 0.05) is 25.7 Å². The van der Waals surface area contributed by atoms with Crippen LogP contribution in [0.25, 0.3) is 0 Å². The van der Waals surface area contributed by atoms with Crippen molar-refractivity contribution in [3.8, 4) is 0 Å². The number of carboxylic acids is 1. The molecule has 1 N–H and O–H groups in total. The van der Waals surface area contributed by atoms with E-state index in [9.17, 15) is 4.79 Å². The maximum atomic E-state index is 10.8. The van der Waals surface area contributed by atoms with Gasteiger partial charge in [-0.2, -0.15) is 0 Å². The predicted molar refractivity (Wildman–Crippen MR) is 76.3 cm³/mol. The van der Waals surface area contributed by atoms with E-state index in [4.69, 9.17) is 5.11 Å². The average molecular weight is 268 g/mol. The highest BCUT2D eigenvalue weighted by atomic mass is 16.4. The van der Waals surface area contributed by atoms with Gasteiger partial charge < -0.3 is 5.11 Å². The second kappa shape index (κ2) is 7.25. The number of nitrogens with zero attached hydrogens (tertiary/aromatic N) is 2. The third-order valence-electron chi connectivity index (χ3n) is 4.84. The first-order chi connectivity index (χ1) is 9.20. The molecule has 2 atom stereocenters. The third-order valence-corrected chi connectivity index (χ3v) is 4.84. The number of carboxylic acid groups (broad SMARTS) is 1. The molecule has 2 rings (SSSR count). The summed E-state index contributed by atoms with van der Waals surface area (Å²) >= 11 is 0. The van der Waals surface area contributed by atoms with Crippen molar-refractivity contribution in [1.29, 1.82) is 0 Å². The number of rotatable bonds is 4. The van der Waals surface area contributed by atoms with Crippen LogP contribution in [0.15, 0.2) is 0 Å². The molecule has 1 aliphatic carbocycles. The first-order valence-corrected chi connectivity index (χ1v) is 7.89. The number of aliphatic carboxylic acids is 1. The molecule has 1 aliphatic heterocycles. The van der Waals surface area contributed by atoms with E-state index in [0.717, 1.165) is 44.6 Å². The van der Waals surface area contributed by atoms with E-state index in [1.54, 1.807) is 0 Å². The van der Waals surface area contributed by atoms with Crippen molar-refractivity contribution in [3.05, 3.63) is 0 Å². The van der Waals surface area contributed by atoms with Crippen LogP contribution in [-0.4, -0.2) is 59.6 Å². The fourth-order valence-corrected chi connectivity index (χ4v) is 3.82. The minimum atomic E-state index is -0.697. The second-order valence-corrected chi connectivity index (χ2v) is 6.08. The van der Waals surface area contributed by atoms with Crippen LogP contribution < -0.4 is 0 Å². The van der Waals surface area contributed by atoms with E-state index in [1.807, 2.05) is 0 Å². The monoisotopic (exact) mass is 268 g/mol. The van der Waals surface area contributed by atoms with Crippen LogP contribution in [0.3, 0.4) is 0 Å². The van der Waals surface area contributed by atoms with E-state index in [0.29, 0.717) is 0 Å². The maximum Gasteiger partial charge on any atom is 0.317 e. The molecule has 0 aromatic carbocycles. The summed E-state index contributed by atoms with van der Waals surface area (Å²) in [6.07, 6.45) is 7.90. The van der Waals surface area contributed by atoms with Gasteiger partial charge in [-0.3, -0.25) is 14.6 Å². The van der Waals surface area contributed by atoms with Crippen LogP contribution in [0.2, 0.25) is 0 Å². The van der Waals surface area contributed by atoms with Gasteiger partial charge in [0.05, 0.1) is 6.54 Å². The van der Waals surface area contributed by atoms with Gasteiger partial charge in [-0.05, 0) is 31.7 Å². The fourth-order valence-electron chi connectivity index (χ4n) is 3.82. The lowest BCUT2D eigenvalue weighted by Crippen LogP contribution is -2.44. The molecule has 110 valence electrons. The summed E-state index contributed by atoms with van der Waals surface area (Å²) in [5.41, 5.74) is 0. The fraction of sp³-hybridized carbons (Fsp3) is 0.933. The average Bonchev–Trinajstić information content (AvgIpc) is 2.63. The highest BCUT2D eigenvalue weighted by Crippen LogP contribution is 2.31. The van der Waals surface area contributed by atoms with Gasteiger partial charge in [-0.1, -0.05) is 26.2 Å². The molecule has 0 bridgehead atoms. The van der Waals surface area contributed by atoms with Crippen LogP contribution in [-0.2, 0) is 4.79 Å². The van der Waals surface area contributed by atoms with Gasteiger partial charge in [-0.15, -0.1) is 0 Å². The minimum Gasteiger partial charge on any atom is -0.480 e. The lowest BCUT2D eigenvalue weighted by molar-refractivity contribution is -0.138. The number of hydrogen-bond acceptors (Lipinski definition) is 3. The molecule has 0 amide bonds.